The lowest BCUT2D eigenvalue weighted by molar-refractivity contribution is -0.130. The second-order valence-corrected chi connectivity index (χ2v) is 9.38. The third-order valence-corrected chi connectivity index (χ3v) is 6.63. The molecule has 168 valence electrons. The molecule has 3 aromatic rings. The van der Waals surface area contributed by atoms with Gasteiger partial charge in [0.15, 0.2) is 0 Å². The van der Waals surface area contributed by atoms with Gasteiger partial charge in [0, 0.05) is 35.3 Å². The zero-order chi connectivity index (χ0) is 22.7. The van der Waals surface area contributed by atoms with Crippen LogP contribution in [0.2, 0.25) is 10.0 Å². The predicted molar refractivity (Wildman–Crippen MR) is 127 cm³/mol. The third-order valence-electron chi connectivity index (χ3n) is 6.08. The Morgan fingerprint density at radius 2 is 2.06 bits per heavy atom. The van der Waals surface area contributed by atoms with Crippen molar-refractivity contribution in [3.8, 4) is 0 Å². The van der Waals surface area contributed by atoms with E-state index in [0.717, 1.165) is 41.7 Å². The number of pyridine rings is 1. The summed E-state index contributed by atoms with van der Waals surface area (Å²) < 4.78 is 0. The van der Waals surface area contributed by atoms with Crippen LogP contribution in [0.25, 0.3) is 11.0 Å². The molecule has 1 saturated carbocycles. The molecule has 32 heavy (non-hydrogen) atoms. The fourth-order valence-electron chi connectivity index (χ4n) is 4.35. The van der Waals surface area contributed by atoms with Crippen molar-refractivity contribution in [1.82, 2.24) is 20.6 Å². The van der Waals surface area contributed by atoms with E-state index in [1.165, 1.54) is 5.56 Å². The lowest BCUT2D eigenvalue weighted by Gasteiger charge is -2.17. The molecule has 6 nitrogen and oxygen atoms in total. The molecule has 3 N–H and O–H groups in total. The van der Waals surface area contributed by atoms with Gasteiger partial charge in [-0.15, -0.1) is 0 Å². The maximum atomic E-state index is 12.7. The first kappa shape index (κ1) is 22.6. The Labute approximate surface area is 197 Å². The van der Waals surface area contributed by atoms with Gasteiger partial charge in [-0.1, -0.05) is 35.3 Å². The molecule has 1 fully saturated rings. The van der Waals surface area contributed by atoms with E-state index < -0.39 is 6.04 Å². The summed E-state index contributed by atoms with van der Waals surface area (Å²) in [4.78, 5) is 32.5. The van der Waals surface area contributed by atoms with E-state index in [4.69, 9.17) is 23.2 Å². The summed E-state index contributed by atoms with van der Waals surface area (Å²) in [6.45, 7) is 2.02. The predicted octanol–water partition coefficient (Wildman–Crippen LogP) is 4.65. The van der Waals surface area contributed by atoms with Crippen LogP contribution in [0, 0.1) is 11.8 Å². The number of aromatic amines is 1. The molecule has 4 rings (SSSR count). The van der Waals surface area contributed by atoms with Crippen molar-refractivity contribution in [2.24, 2.45) is 11.8 Å². The number of nitrogens with zero attached hydrogens (tertiary/aromatic N) is 1. The van der Waals surface area contributed by atoms with Gasteiger partial charge in [-0.25, -0.2) is 4.98 Å². The van der Waals surface area contributed by atoms with Crippen LogP contribution in [0.4, 0.5) is 0 Å². The molecule has 2 aromatic heterocycles. The number of H-pyrrole nitrogens is 1. The number of fused-ring (bicyclic) bond motifs is 1. The van der Waals surface area contributed by atoms with Crippen molar-refractivity contribution >= 4 is 46.0 Å². The SMILES string of the molecule is C[C@H](NC(=O)[C@@H]1CC[C@@H](Cc2cccc(Cl)c2)C1)C(=O)NCc1cnc2[nH]cc(Cl)c2c1. The van der Waals surface area contributed by atoms with E-state index >= 15 is 0 Å². The minimum absolute atomic E-state index is 0.0524. The number of halogens is 2. The second kappa shape index (κ2) is 9.92. The highest BCUT2D eigenvalue weighted by Gasteiger charge is 2.31. The van der Waals surface area contributed by atoms with Gasteiger partial charge in [-0.2, -0.15) is 0 Å². The highest BCUT2D eigenvalue weighted by Crippen LogP contribution is 2.33. The second-order valence-electron chi connectivity index (χ2n) is 8.53. The number of benzene rings is 1. The van der Waals surface area contributed by atoms with Crippen molar-refractivity contribution < 1.29 is 9.59 Å². The Balaban J connectivity index is 1.24. The topological polar surface area (TPSA) is 86.9 Å². The van der Waals surface area contributed by atoms with Crippen LogP contribution in [0.5, 0.6) is 0 Å². The minimum Gasteiger partial charge on any atom is -0.350 e. The van der Waals surface area contributed by atoms with E-state index in [1.807, 2.05) is 24.3 Å². The van der Waals surface area contributed by atoms with Gasteiger partial charge < -0.3 is 15.6 Å². The summed E-state index contributed by atoms with van der Waals surface area (Å²) >= 11 is 12.2. The molecule has 0 radical (unpaired) electrons. The molecule has 8 heteroatoms. The largest absolute Gasteiger partial charge is 0.350 e. The summed E-state index contributed by atoms with van der Waals surface area (Å²) in [6, 6.07) is 9.16. The lowest BCUT2D eigenvalue weighted by atomic mass is 9.96. The number of carbonyl (C=O) groups excluding carboxylic acids is 2. The Kier molecular flexibility index (Phi) is 7.01. The van der Waals surface area contributed by atoms with Crippen LogP contribution in [0.15, 0.2) is 42.7 Å². The van der Waals surface area contributed by atoms with E-state index in [2.05, 4.69) is 26.7 Å². The first-order valence-corrected chi connectivity index (χ1v) is 11.6. The molecule has 1 aromatic carbocycles. The highest BCUT2D eigenvalue weighted by atomic mass is 35.5. The average molecular weight is 473 g/mol. The molecule has 0 saturated heterocycles. The molecular weight excluding hydrogens is 447 g/mol. The molecule has 2 heterocycles. The maximum absolute atomic E-state index is 12.7. The molecule has 0 aliphatic heterocycles. The first-order chi connectivity index (χ1) is 15.4. The summed E-state index contributed by atoms with van der Waals surface area (Å²) in [5, 5.41) is 7.87. The molecule has 1 aliphatic rings. The van der Waals surface area contributed by atoms with E-state index in [0.29, 0.717) is 23.1 Å². The molecular formula is C24H26Cl2N4O2. The lowest BCUT2D eigenvalue weighted by Crippen LogP contribution is -2.46. The molecule has 0 bridgehead atoms. The number of hydrogen-bond donors (Lipinski definition) is 3. The van der Waals surface area contributed by atoms with Gasteiger partial charge in [0.1, 0.15) is 11.7 Å². The Bertz CT molecular complexity index is 1130. The molecule has 0 spiro atoms. The van der Waals surface area contributed by atoms with Gasteiger partial charge in [0.25, 0.3) is 0 Å². The van der Waals surface area contributed by atoms with Gasteiger partial charge in [-0.05, 0) is 67.9 Å². The Morgan fingerprint density at radius 1 is 1.22 bits per heavy atom. The van der Waals surface area contributed by atoms with Crippen molar-refractivity contribution in [2.75, 3.05) is 0 Å². The van der Waals surface area contributed by atoms with Crippen LogP contribution in [-0.4, -0.2) is 27.8 Å². The molecule has 0 unspecified atom stereocenters. The highest BCUT2D eigenvalue weighted by molar-refractivity contribution is 6.35. The van der Waals surface area contributed by atoms with E-state index in [-0.39, 0.29) is 17.7 Å². The van der Waals surface area contributed by atoms with Gasteiger partial charge in [0.2, 0.25) is 11.8 Å². The molecule has 2 amide bonds. The summed E-state index contributed by atoms with van der Waals surface area (Å²) in [7, 11) is 0. The number of rotatable bonds is 7. The number of hydrogen-bond acceptors (Lipinski definition) is 3. The van der Waals surface area contributed by atoms with Crippen LogP contribution in [-0.2, 0) is 22.6 Å². The van der Waals surface area contributed by atoms with Gasteiger partial charge in [-0.3, -0.25) is 9.59 Å². The fourth-order valence-corrected chi connectivity index (χ4v) is 4.76. The number of nitrogens with one attached hydrogen (secondary N) is 3. The zero-order valence-electron chi connectivity index (χ0n) is 17.8. The van der Waals surface area contributed by atoms with Crippen LogP contribution in [0.1, 0.15) is 37.3 Å². The van der Waals surface area contributed by atoms with Crippen LogP contribution >= 0.6 is 23.2 Å². The average Bonchev–Trinajstić information content (AvgIpc) is 3.39. The number of amides is 2. The number of aromatic nitrogens is 2. The summed E-state index contributed by atoms with van der Waals surface area (Å²) in [5.41, 5.74) is 2.74. The van der Waals surface area contributed by atoms with E-state index in [1.54, 1.807) is 19.3 Å². The van der Waals surface area contributed by atoms with Crippen LogP contribution in [0.3, 0.4) is 0 Å². The minimum atomic E-state index is -0.609. The molecule has 1 aliphatic carbocycles. The summed E-state index contributed by atoms with van der Waals surface area (Å²) in [6.07, 6.45) is 6.97. The fraction of sp³-hybridized carbons (Fsp3) is 0.375. The Hall–Kier alpha value is -2.57. The van der Waals surface area contributed by atoms with Gasteiger partial charge in [0.05, 0.1) is 5.02 Å². The van der Waals surface area contributed by atoms with Gasteiger partial charge >= 0.3 is 0 Å². The normalized spacial score (nSPS) is 19.1. The first-order valence-electron chi connectivity index (χ1n) is 10.8. The summed E-state index contributed by atoms with van der Waals surface area (Å²) in [5.74, 6) is 0.114. The van der Waals surface area contributed by atoms with Crippen LogP contribution < -0.4 is 10.6 Å². The van der Waals surface area contributed by atoms with Crippen molar-refractivity contribution in [3.05, 3.63) is 63.9 Å². The smallest absolute Gasteiger partial charge is 0.242 e. The van der Waals surface area contributed by atoms with Crippen molar-refractivity contribution in [2.45, 2.75) is 45.2 Å². The third kappa shape index (κ3) is 5.43. The number of carbonyl (C=O) groups is 2. The Morgan fingerprint density at radius 3 is 2.88 bits per heavy atom. The van der Waals surface area contributed by atoms with Crippen molar-refractivity contribution in [1.29, 1.82) is 0 Å². The standard InChI is InChI=1S/C24H26Cl2N4O2/c1-14(23(31)29-12-17-10-20-21(26)13-28-22(20)27-11-17)30-24(32)18-6-5-16(8-18)7-15-3-2-4-19(25)9-15/h2-4,9-11,13-14,16,18H,5-8,12H2,1H3,(H,27,28)(H,29,31)(H,30,32)/t14-,16-,18+/m0/s1. The quantitative estimate of drug-likeness (QED) is 0.467. The monoisotopic (exact) mass is 472 g/mol. The van der Waals surface area contributed by atoms with Crippen molar-refractivity contribution in [3.63, 3.8) is 0 Å². The molecule has 3 atom stereocenters. The maximum Gasteiger partial charge on any atom is 0.242 e. The van der Waals surface area contributed by atoms with E-state index in [9.17, 15) is 9.59 Å². The zero-order valence-corrected chi connectivity index (χ0v) is 19.3.